The summed E-state index contributed by atoms with van der Waals surface area (Å²) in [6.07, 6.45) is 8.60. The van der Waals surface area contributed by atoms with Crippen molar-refractivity contribution >= 4 is 23.1 Å². The second-order valence-corrected chi connectivity index (χ2v) is 9.34. The first-order valence-corrected chi connectivity index (χ1v) is 10.7. The molecule has 0 radical (unpaired) electrons. The van der Waals surface area contributed by atoms with Gasteiger partial charge in [0.05, 0.1) is 17.9 Å². The van der Waals surface area contributed by atoms with Crippen molar-refractivity contribution in [3.63, 3.8) is 0 Å². The lowest BCUT2D eigenvalue weighted by Gasteiger charge is -2.35. The highest BCUT2D eigenvalue weighted by Gasteiger charge is 2.36. The van der Waals surface area contributed by atoms with Crippen LogP contribution in [0.3, 0.4) is 0 Å². The average molecular weight is 386 g/mol. The highest BCUT2D eigenvalue weighted by Crippen LogP contribution is 2.36. The minimum Gasteiger partial charge on any atom is -0.365 e. The molecule has 28 heavy (non-hydrogen) atoms. The summed E-state index contributed by atoms with van der Waals surface area (Å²) in [7, 11) is 0. The third-order valence-electron chi connectivity index (χ3n) is 6.11. The molecule has 0 aromatic heterocycles. The molecular weight excluding hydrogens is 350 g/mol. The van der Waals surface area contributed by atoms with E-state index in [1.165, 1.54) is 32.1 Å². The molecule has 1 aliphatic heterocycles. The van der Waals surface area contributed by atoms with Crippen molar-refractivity contribution in [3.05, 3.63) is 24.3 Å². The summed E-state index contributed by atoms with van der Waals surface area (Å²) < 4.78 is 0. The van der Waals surface area contributed by atoms with Crippen LogP contribution in [0.2, 0.25) is 0 Å². The fraction of sp³-hybridized carbons (Fsp3) is 0.652. The topological polar surface area (TPSA) is 66.6 Å². The number of rotatable bonds is 3. The molecule has 2 aliphatic rings. The average Bonchev–Trinajstić information content (AvgIpc) is 2.72. The van der Waals surface area contributed by atoms with Crippen LogP contribution in [0.5, 0.6) is 0 Å². The molecule has 1 saturated carbocycles. The molecular formula is C23H35N3O2. The molecule has 1 heterocycles. The van der Waals surface area contributed by atoms with E-state index in [-0.39, 0.29) is 18.2 Å². The summed E-state index contributed by atoms with van der Waals surface area (Å²) in [5.41, 5.74) is 7.72. The van der Waals surface area contributed by atoms with Crippen LogP contribution in [-0.4, -0.2) is 36.9 Å². The maximum absolute atomic E-state index is 13.1. The molecule has 0 spiro atoms. The number of anilines is 2. The van der Waals surface area contributed by atoms with Gasteiger partial charge in [-0.2, -0.15) is 0 Å². The highest BCUT2D eigenvalue weighted by atomic mass is 16.2. The van der Waals surface area contributed by atoms with Crippen LogP contribution < -0.4 is 15.5 Å². The van der Waals surface area contributed by atoms with Gasteiger partial charge in [-0.1, -0.05) is 65.0 Å². The molecule has 0 bridgehead atoms. The summed E-state index contributed by atoms with van der Waals surface area (Å²) in [5, 5.41) is 0. The normalized spacial score (nSPS) is 22.3. The first-order chi connectivity index (χ1) is 13.3. The Kier molecular flexibility index (Phi) is 6.43. The van der Waals surface area contributed by atoms with E-state index in [2.05, 4.69) is 11.0 Å². The fourth-order valence-corrected chi connectivity index (χ4v) is 4.28. The Morgan fingerprint density at radius 3 is 2.21 bits per heavy atom. The van der Waals surface area contributed by atoms with Gasteiger partial charge in [0, 0.05) is 18.0 Å². The Morgan fingerprint density at radius 2 is 1.61 bits per heavy atom. The van der Waals surface area contributed by atoms with E-state index in [0.717, 1.165) is 24.2 Å². The van der Waals surface area contributed by atoms with Crippen LogP contribution in [0.1, 0.15) is 65.7 Å². The van der Waals surface area contributed by atoms with Crippen molar-refractivity contribution in [2.75, 3.05) is 22.9 Å². The third kappa shape index (κ3) is 4.57. The number of nitrogens with two attached hydrogens (primary N) is 1. The SMILES string of the molecule is CC(C)(C)C(=O)CN1C(=O)C(N)CN(C2CCCCCCC2)c2ccccc21. The lowest BCUT2D eigenvalue weighted by molar-refractivity contribution is -0.127. The highest BCUT2D eigenvalue weighted by molar-refractivity contribution is 6.06. The zero-order valence-corrected chi connectivity index (χ0v) is 17.6. The summed E-state index contributed by atoms with van der Waals surface area (Å²) in [4.78, 5) is 29.8. The zero-order chi connectivity index (χ0) is 20.3. The Morgan fingerprint density at radius 1 is 1.04 bits per heavy atom. The van der Waals surface area contributed by atoms with Crippen LogP contribution in [0.25, 0.3) is 0 Å². The molecule has 1 unspecified atom stereocenters. The molecule has 0 saturated heterocycles. The maximum atomic E-state index is 13.1. The maximum Gasteiger partial charge on any atom is 0.246 e. The van der Waals surface area contributed by atoms with E-state index in [9.17, 15) is 9.59 Å². The Labute approximate surface area is 169 Å². The number of nitrogens with zero attached hydrogens (tertiary/aromatic N) is 2. The van der Waals surface area contributed by atoms with Crippen LogP contribution in [0, 0.1) is 5.41 Å². The lowest BCUT2D eigenvalue weighted by atomic mass is 9.90. The smallest absolute Gasteiger partial charge is 0.246 e. The number of para-hydroxylation sites is 2. The van der Waals surface area contributed by atoms with Crippen molar-refractivity contribution in [2.45, 2.75) is 77.8 Å². The summed E-state index contributed by atoms with van der Waals surface area (Å²) in [6.45, 7) is 6.27. The van der Waals surface area contributed by atoms with Gasteiger partial charge in [-0.3, -0.25) is 9.59 Å². The van der Waals surface area contributed by atoms with E-state index in [1.54, 1.807) is 4.90 Å². The van der Waals surface area contributed by atoms with Crippen molar-refractivity contribution in [2.24, 2.45) is 11.1 Å². The second-order valence-electron chi connectivity index (χ2n) is 9.34. The number of amides is 1. The van der Waals surface area contributed by atoms with Gasteiger partial charge in [0.1, 0.15) is 6.04 Å². The lowest BCUT2D eigenvalue weighted by Crippen LogP contribution is -2.51. The number of ketones is 1. The molecule has 1 aliphatic carbocycles. The molecule has 5 heteroatoms. The molecule has 1 aromatic carbocycles. The van der Waals surface area contributed by atoms with E-state index in [1.807, 2.05) is 39.0 Å². The molecule has 5 nitrogen and oxygen atoms in total. The van der Waals surface area contributed by atoms with E-state index < -0.39 is 11.5 Å². The van der Waals surface area contributed by atoms with E-state index in [4.69, 9.17) is 5.73 Å². The monoisotopic (exact) mass is 385 g/mol. The third-order valence-corrected chi connectivity index (χ3v) is 6.11. The van der Waals surface area contributed by atoms with Gasteiger partial charge >= 0.3 is 0 Å². The molecule has 1 amide bonds. The number of hydrogen-bond acceptors (Lipinski definition) is 4. The predicted octanol–water partition coefficient (Wildman–Crippen LogP) is 3.90. The molecule has 1 aromatic rings. The number of fused-ring (bicyclic) bond motifs is 1. The molecule has 154 valence electrons. The van der Waals surface area contributed by atoms with Crippen molar-refractivity contribution in [1.82, 2.24) is 0 Å². The summed E-state index contributed by atoms with van der Waals surface area (Å²) >= 11 is 0. The van der Waals surface area contributed by atoms with Crippen LogP contribution in [-0.2, 0) is 9.59 Å². The zero-order valence-electron chi connectivity index (χ0n) is 17.6. The minimum absolute atomic E-state index is 0.0438. The van der Waals surface area contributed by atoms with Gasteiger partial charge in [0.15, 0.2) is 5.78 Å². The van der Waals surface area contributed by atoms with Crippen LogP contribution >= 0.6 is 0 Å². The Hall–Kier alpha value is -1.88. The number of hydrogen-bond donors (Lipinski definition) is 1. The Balaban J connectivity index is 1.96. The summed E-state index contributed by atoms with van der Waals surface area (Å²) in [5.74, 6) is -0.111. The largest absolute Gasteiger partial charge is 0.365 e. The first kappa shape index (κ1) is 20.8. The number of Topliss-reactive ketones (excluding diaryl/α,β-unsaturated/α-hetero) is 1. The predicted molar refractivity (Wildman–Crippen MR) is 115 cm³/mol. The van der Waals surface area contributed by atoms with Gasteiger partial charge in [0.25, 0.3) is 0 Å². The molecule has 1 fully saturated rings. The van der Waals surface area contributed by atoms with Gasteiger partial charge in [-0.25, -0.2) is 0 Å². The molecule has 3 rings (SSSR count). The van der Waals surface area contributed by atoms with Crippen LogP contribution in [0.4, 0.5) is 11.4 Å². The number of carbonyl (C=O) groups is 2. The van der Waals surface area contributed by atoms with Crippen molar-refractivity contribution < 1.29 is 9.59 Å². The minimum atomic E-state index is -0.620. The first-order valence-electron chi connectivity index (χ1n) is 10.7. The van der Waals surface area contributed by atoms with Gasteiger partial charge < -0.3 is 15.5 Å². The van der Waals surface area contributed by atoms with Gasteiger partial charge in [-0.15, -0.1) is 0 Å². The quantitative estimate of drug-likeness (QED) is 0.857. The van der Waals surface area contributed by atoms with E-state index in [0.29, 0.717) is 12.6 Å². The van der Waals surface area contributed by atoms with Crippen molar-refractivity contribution in [1.29, 1.82) is 0 Å². The Bertz CT molecular complexity index is 702. The number of carbonyl (C=O) groups excluding carboxylic acids is 2. The van der Waals surface area contributed by atoms with Gasteiger partial charge in [0.2, 0.25) is 5.91 Å². The van der Waals surface area contributed by atoms with Gasteiger partial charge in [-0.05, 0) is 25.0 Å². The second kappa shape index (κ2) is 8.64. The van der Waals surface area contributed by atoms with E-state index >= 15 is 0 Å². The molecule has 1 atom stereocenters. The molecule has 2 N–H and O–H groups in total. The standard InChI is InChI=1S/C23H35N3O2/c1-23(2,3)21(27)16-26-20-14-10-9-13-19(20)25(15-18(24)22(26)28)17-11-7-5-4-6-8-12-17/h9-10,13-14,17-18H,4-8,11-12,15-16,24H2,1-3H3. The van der Waals surface area contributed by atoms with Crippen molar-refractivity contribution in [3.8, 4) is 0 Å². The fourth-order valence-electron chi connectivity index (χ4n) is 4.28. The summed E-state index contributed by atoms with van der Waals surface area (Å²) in [6, 6.07) is 7.77. The number of benzene rings is 1. The van der Waals surface area contributed by atoms with Crippen LogP contribution in [0.15, 0.2) is 24.3 Å².